The first-order chi connectivity index (χ1) is 8.15. The van der Waals surface area contributed by atoms with E-state index in [1.54, 1.807) is 6.07 Å². The zero-order valence-electron chi connectivity index (χ0n) is 9.59. The monoisotopic (exact) mass is 255 g/mol. The number of rotatable bonds is 4. The number of nitrogens with two attached hydrogens (primary N) is 1. The molecule has 17 heavy (non-hydrogen) atoms. The smallest absolute Gasteiger partial charge is 0.324 e. The molecule has 0 bridgehead atoms. The number of nitrogens with one attached hydrogen (secondary N) is 1. The van der Waals surface area contributed by atoms with Gasteiger partial charge in [0.2, 0.25) is 0 Å². The van der Waals surface area contributed by atoms with Crippen LogP contribution in [-0.4, -0.2) is 17.0 Å². The zero-order valence-corrected chi connectivity index (χ0v) is 10.4. The van der Waals surface area contributed by atoms with Crippen LogP contribution < -0.4 is 11.1 Å². The van der Waals surface area contributed by atoms with E-state index in [1.807, 2.05) is 6.07 Å². The van der Waals surface area contributed by atoms with Gasteiger partial charge in [-0.2, -0.15) is 0 Å². The van der Waals surface area contributed by atoms with Crippen molar-refractivity contribution in [3.8, 4) is 0 Å². The van der Waals surface area contributed by atoms with Crippen molar-refractivity contribution in [2.75, 3.05) is 0 Å². The van der Waals surface area contributed by atoms with E-state index in [-0.39, 0.29) is 9.92 Å². The van der Waals surface area contributed by atoms with Gasteiger partial charge in [-0.25, -0.2) is 0 Å². The lowest BCUT2D eigenvalue weighted by Crippen LogP contribution is -2.36. The summed E-state index contributed by atoms with van der Waals surface area (Å²) in [6, 6.07) is 4.26. The van der Waals surface area contributed by atoms with Gasteiger partial charge < -0.3 is 11.1 Å². The molecule has 3 N–H and O–H groups in total. The number of nitrogens with zero attached hydrogens (tertiary/aromatic N) is 1. The van der Waals surface area contributed by atoms with Crippen molar-refractivity contribution >= 4 is 16.3 Å². The third-order valence-electron chi connectivity index (χ3n) is 3.16. The van der Waals surface area contributed by atoms with Gasteiger partial charge in [-0.3, -0.25) is 10.1 Å². The molecule has 0 aliphatic heterocycles. The maximum absolute atomic E-state index is 10.5. The lowest BCUT2D eigenvalue weighted by molar-refractivity contribution is -0.380. The Bertz CT molecular complexity index is 386. The van der Waals surface area contributed by atoms with Crippen LogP contribution in [0.25, 0.3) is 0 Å². The summed E-state index contributed by atoms with van der Waals surface area (Å²) >= 11 is 1.24. The minimum atomic E-state index is -0.339. The highest BCUT2D eigenvalue weighted by molar-refractivity contribution is 7.15. The molecule has 0 amide bonds. The SMILES string of the molecule is NC1CCC(NCc2ccc([N+](=O)[O-])s2)CC1. The molecule has 0 atom stereocenters. The summed E-state index contributed by atoms with van der Waals surface area (Å²) < 4.78 is 0. The normalized spacial score (nSPS) is 24.8. The Morgan fingerprint density at radius 3 is 2.71 bits per heavy atom. The molecule has 1 aliphatic rings. The average molecular weight is 255 g/mol. The maximum atomic E-state index is 10.5. The van der Waals surface area contributed by atoms with E-state index in [4.69, 9.17) is 5.73 Å². The van der Waals surface area contributed by atoms with E-state index in [0.717, 1.165) is 37.1 Å². The molecule has 2 rings (SSSR count). The van der Waals surface area contributed by atoms with Crippen molar-refractivity contribution in [1.82, 2.24) is 5.32 Å². The Balaban J connectivity index is 1.79. The molecule has 0 unspecified atom stereocenters. The Hall–Kier alpha value is -0.980. The van der Waals surface area contributed by atoms with Gasteiger partial charge in [0.1, 0.15) is 0 Å². The molecule has 0 saturated heterocycles. The van der Waals surface area contributed by atoms with Crippen LogP contribution in [0, 0.1) is 10.1 Å². The van der Waals surface area contributed by atoms with Gasteiger partial charge >= 0.3 is 5.00 Å². The quantitative estimate of drug-likeness (QED) is 0.637. The van der Waals surface area contributed by atoms with Crippen molar-refractivity contribution in [1.29, 1.82) is 0 Å². The van der Waals surface area contributed by atoms with Crippen molar-refractivity contribution in [3.05, 3.63) is 27.1 Å². The van der Waals surface area contributed by atoms with E-state index in [9.17, 15) is 10.1 Å². The van der Waals surface area contributed by atoms with E-state index in [1.165, 1.54) is 11.3 Å². The average Bonchev–Trinajstić information content (AvgIpc) is 2.77. The minimum absolute atomic E-state index is 0.215. The van der Waals surface area contributed by atoms with Crippen LogP contribution in [0.5, 0.6) is 0 Å². The van der Waals surface area contributed by atoms with Crippen LogP contribution in [0.2, 0.25) is 0 Å². The molecule has 1 aliphatic carbocycles. The van der Waals surface area contributed by atoms with Crippen LogP contribution in [0.4, 0.5) is 5.00 Å². The molecule has 5 nitrogen and oxygen atoms in total. The van der Waals surface area contributed by atoms with E-state index in [0.29, 0.717) is 12.1 Å². The molecule has 0 spiro atoms. The molecule has 1 saturated carbocycles. The first-order valence-electron chi connectivity index (χ1n) is 5.87. The fourth-order valence-electron chi connectivity index (χ4n) is 2.13. The van der Waals surface area contributed by atoms with Gasteiger partial charge in [0.25, 0.3) is 0 Å². The van der Waals surface area contributed by atoms with Gasteiger partial charge in [-0.1, -0.05) is 11.3 Å². The molecule has 0 radical (unpaired) electrons. The highest BCUT2D eigenvalue weighted by Gasteiger charge is 2.18. The Morgan fingerprint density at radius 1 is 1.41 bits per heavy atom. The molecular weight excluding hydrogens is 238 g/mol. The molecular formula is C11H17N3O2S. The van der Waals surface area contributed by atoms with Crippen LogP contribution in [0.3, 0.4) is 0 Å². The fraction of sp³-hybridized carbons (Fsp3) is 0.636. The van der Waals surface area contributed by atoms with E-state index < -0.39 is 0 Å². The topological polar surface area (TPSA) is 81.2 Å². The summed E-state index contributed by atoms with van der Waals surface area (Å²) in [5.41, 5.74) is 5.84. The third kappa shape index (κ3) is 3.49. The van der Waals surface area contributed by atoms with Gasteiger partial charge in [-0.15, -0.1) is 0 Å². The lowest BCUT2D eigenvalue weighted by atomic mass is 9.92. The fourth-order valence-corrected chi connectivity index (χ4v) is 2.90. The summed E-state index contributed by atoms with van der Waals surface area (Å²) in [5, 5.41) is 14.2. The molecule has 1 heterocycles. The van der Waals surface area contributed by atoms with Crippen molar-refractivity contribution in [2.45, 2.75) is 44.3 Å². The Kier molecular flexibility index (Phi) is 4.09. The first-order valence-corrected chi connectivity index (χ1v) is 6.69. The standard InChI is InChI=1S/C11H17N3O2S/c12-8-1-3-9(4-2-8)13-7-10-5-6-11(17-10)14(15)16/h5-6,8-9,13H,1-4,7,12H2. The highest BCUT2D eigenvalue weighted by atomic mass is 32.1. The minimum Gasteiger partial charge on any atom is -0.328 e. The van der Waals surface area contributed by atoms with Crippen LogP contribution in [-0.2, 0) is 6.54 Å². The Morgan fingerprint density at radius 2 is 2.12 bits per heavy atom. The number of hydrogen-bond donors (Lipinski definition) is 2. The molecule has 1 aromatic heterocycles. The first kappa shape index (κ1) is 12.5. The van der Waals surface area contributed by atoms with Crippen molar-refractivity contribution in [2.24, 2.45) is 5.73 Å². The summed E-state index contributed by atoms with van der Waals surface area (Å²) in [6.45, 7) is 0.721. The number of nitro groups is 1. The molecule has 6 heteroatoms. The predicted molar refractivity (Wildman–Crippen MR) is 68.0 cm³/mol. The second-order valence-electron chi connectivity index (χ2n) is 4.49. The molecule has 0 aromatic carbocycles. The third-order valence-corrected chi connectivity index (χ3v) is 4.20. The summed E-state index contributed by atoms with van der Waals surface area (Å²) in [7, 11) is 0. The van der Waals surface area contributed by atoms with E-state index in [2.05, 4.69) is 5.32 Å². The second kappa shape index (κ2) is 5.57. The Labute approximate surface area is 104 Å². The highest BCUT2D eigenvalue weighted by Crippen LogP contribution is 2.24. The summed E-state index contributed by atoms with van der Waals surface area (Å²) in [6.07, 6.45) is 4.35. The molecule has 1 aromatic rings. The van der Waals surface area contributed by atoms with Crippen LogP contribution >= 0.6 is 11.3 Å². The van der Waals surface area contributed by atoms with E-state index >= 15 is 0 Å². The summed E-state index contributed by atoms with van der Waals surface area (Å²) in [5.74, 6) is 0. The number of hydrogen-bond acceptors (Lipinski definition) is 5. The van der Waals surface area contributed by atoms with Crippen LogP contribution in [0.1, 0.15) is 30.6 Å². The predicted octanol–water partition coefficient (Wildman–Crippen LogP) is 2.02. The molecule has 94 valence electrons. The maximum Gasteiger partial charge on any atom is 0.324 e. The van der Waals surface area contributed by atoms with Gasteiger partial charge in [0.05, 0.1) is 4.92 Å². The van der Waals surface area contributed by atoms with Gasteiger partial charge in [-0.05, 0) is 31.7 Å². The molecule has 1 fully saturated rings. The van der Waals surface area contributed by atoms with Crippen LogP contribution in [0.15, 0.2) is 12.1 Å². The second-order valence-corrected chi connectivity index (χ2v) is 5.64. The van der Waals surface area contributed by atoms with Gasteiger partial charge in [0.15, 0.2) is 0 Å². The lowest BCUT2D eigenvalue weighted by Gasteiger charge is -2.26. The summed E-state index contributed by atoms with van der Waals surface area (Å²) in [4.78, 5) is 11.2. The zero-order chi connectivity index (χ0) is 12.3. The number of thiophene rings is 1. The largest absolute Gasteiger partial charge is 0.328 e. The van der Waals surface area contributed by atoms with Crippen molar-refractivity contribution in [3.63, 3.8) is 0 Å². The van der Waals surface area contributed by atoms with Crippen molar-refractivity contribution < 1.29 is 4.92 Å². The van der Waals surface area contributed by atoms with Gasteiger partial charge in [0, 0.05) is 29.6 Å².